The summed E-state index contributed by atoms with van der Waals surface area (Å²) in [7, 11) is -3.53. The highest BCUT2D eigenvalue weighted by atomic mass is 32.2. The fourth-order valence-corrected chi connectivity index (χ4v) is 7.84. The zero-order valence-electron chi connectivity index (χ0n) is 20.9. The van der Waals surface area contributed by atoms with Gasteiger partial charge in [0.1, 0.15) is 0 Å². The maximum atomic E-state index is 13.4. The number of hydrogen-bond donors (Lipinski definition) is 0. The van der Waals surface area contributed by atoms with Gasteiger partial charge in [-0.25, -0.2) is 13.4 Å². The normalized spacial score (nSPS) is 21.7. The molecule has 2 atom stereocenters. The topological polar surface area (TPSA) is 64.4 Å². The van der Waals surface area contributed by atoms with E-state index in [1.165, 1.54) is 16.7 Å². The van der Waals surface area contributed by atoms with E-state index >= 15 is 0 Å². The second-order valence-corrected chi connectivity index (χ2v) is 13.0. The summed E-state index contributed by atoms with van der Waals surface area (Å²) in [6.07, 6.45) is 4.29. The highest BCUT2D eigenvalue weighted by Gasteiger charge is 2.29. The molecular weight excluding hydrogens is 478 g/mol. The van der Waals surface area contributed by atoms with Gasteiger partial charge in [-0.2, -0.15) is 4.31 Å². The van der Waals surface area contributed by atoms with Crippen LogP contribution < -0.4 is 0 Å². The van der Waals surface area contributed by atoms with Crippen LogP contribution in [0.5, 0.6) is 0 Å². The molecule has 2 saturated heterocycles. The lowest BCUT2D eigenvalue weighted by Gasteiger charge is -2.30. The number of fused-ring (bicyclic) bond motifs is 1. The Labute approximate surface area is 213 Å². The molecule has 0 amide bonds. The third-order valence-electron chi connectivity index (χ3n) is 7.21. The first-order valence-corrected chi connectivity index (χ1v) is 15.0. The highest BCUT2D eigenvalue weighted by Crippen LogP contribution is 2.32. The first-order valence-electron chi connectivity index (χ1n) is 12.6. The number of imidazole rings is 1. The monoisotopic (exact) mass is 513 g/mol. The van der Waals surface area contributed by atoms with Gasteiger partial charge in [0.05, 0.1) is 28.6 Å². The van der Waals surface area contributed by atoms with Crippen LogP contribution in [0.3, 0.4) is 0 Å². The smallest absolute Gasteiger partial charge is 0.243 e. The number of rotatable bonds is 7. The average Bonchev–Trinajstić information content (AvgIpc) is 3.47. The minimum absolute atomic E-state index is 0.172. The highest BCUT2D eigenvalue weighted by molar-refractivity contribution is 7.98. The summed E-state index contributed by atoms with van der Waals surface area (Å²) in [6, 6.07) is 12.0. The minimum Gasteiger partial charge on any atom is -0.376 e. The Hall–Kier alpha value is -1.87. The third-order valence-corrected chi connectivity index (χ3v) is 10.1. The van der Waals surface area contributed by atoms with Crippen LogP contribution in [0, 0.1) is 19.8 Å². The van der Waals surface area contributed by atoms with E-state index in [-0.39, 0.29) is 6.10 Å². The number of ether oxygens (including phenoxy) is 1. The van der Waals surface area contributed by atoms with E-state index in [0.29, 0.717) is 23.9 Å². The number of piperidine rings is 1. The number of thioether (sulfide) groups is 1. The number of aryl methyl sites for hydroxylation is 2. The molecule has 0 aliphatic carbocycles. The van der Waals surface area contributed by atoms with E-state index in [4.69, 9.17) is 9.72 Å². The van der Waals surface area contributed by atoms with Crippen LogP contribution in [-0.2, 0) is 27.1 Å². The quantitative estimate of drug-likeness (QED) is 0.388. The first-order chi connectivity index (χ1) is 16.8. The van der Waals surface area contributed by atoms with Crippen LogP contribution in [0.4, 0.5) is 0 Å². The van der Waals surface area contributed by atoms with Gasteiger partial charge < -0.3 is 9.30 Å². The molecule has 3 aromatic rings. The van der Waals surface area contributed by atoms with Gasteiger partial charge in [0, 0.05) is 25.4 Å². The minimum atomic E-state index is -3.53. The number of aromatic nitrogens is 2. The molecule has 1 aromatic heterocycles. The maximum Gasteiger partial charge on any atom is 0.243 e. The summed E-state index contributed by atoms with van der Waals surface area (Å²) in [5.41, 5.74) is 5.52. The van der Waals surface area contributed by atoms with E-state index in [0.717, 1.165) is 60.8 Å². The Morgan fingerprint density at radius 1 is 1.11 bits per heavy atom. The molecule has 2 fully saturated rings. The van der Waals surface area contributed by atoms with E-state index in [2.05, 4.69) is 43.5 Å². The predicted molar refractivity (Wildman–Crippen MR) is 141 cm³/mol. The lowest BCUT2D eigenvalue weighted by Crippen LogP contribution is -2.39. The van der Waals surface area contributed by atoms with Gasteiger partial charge in [0.15, 0.2) is 5.16 Å². The summed E-state index contributed by atoms with van der Waals surface area (Å²) in [6.45, 7) is 9.10. The Morgan fingerprint density at radius 2 is 1.97 bits per heavy atom. The molecule has 3 heterocycles. The van der Waals surface area contributed by atoms with Crippen molar-refractivity contribution in [3.8, 4) is 0 Å². The lowest BCUT2D eigenvalue weighted by atomic mass is 10.0. The van der Waals surface area contributed by atoms with E-state index in [9.17, 15) is 8.42 Å². The largest absolute Gasteiger partial charge is 0.376 e. The van der Waals surface area contributed by atoms with Crippen LogP contribution in [-0.4, -0.2) is 48.1 Å². The molecule has 0 spiro atoms. The van der Waals surface area contributed by atoms with E-state index in [1.54, 1.807) is 28.2 Å². The summed E-state index contributed by atoms with van der Waals surface area (Å²) in [4.78, 5) is 5.28. The molecule has 6 nitrogen and oxygen atoms in total. The molecule has 0 N–H and O–H groups in total. The molecular formula is C27H35N3O3S2. The van der Waals surface area contributed by atoms with Crippen molar-refractivity contribution in [1.82, 2.24) is 13.9 Å². The molecule has 188 valence electrons. The Morgan fingerprint density at radius 3 is 2.74 bits per heavy atom. The lowest BCUT2D eigenvalue weighted by molar-refractivity contribution is 0.0960. The van der Waals surface area contributed by atoms with Gasteiger partial charge >= 0.3 is 0 Å². The average molecular weight is 514 g/mol. The van der Waals surface area contributed by atoms with Crippen molar-refractivity contribution < 1.29 is 13.2 Å². The van der Waals surface area contributed by atoms with Crippen LogP contribution in [0.25, 0.3) is 11.0 Å². The van der Waals surface area contributed by atoms with Crippen molar-refractivity contribution in [2.75, 3.05) is 19.7 Å². The Kier molecular flexibility index (Phi) is 7.26. The van der Waals surface area contributed by atoms with Gasteiger partial charge in [0.25, 0.3) is 0 Å². The summed E-state index contributed by atoms with van der Waals surface area (Å²) in [5.74, 6) is 1.21. The summed E-state index contributed by atoms with van der Waals surface area (Å²) < 4.78 is 36.6. The fourth-order valence-electron chi connectivity index (χ4n) is 5.14. The molecule has 2 aliphatic heterocycles. The third kappa shape index (κ3) is 5.31. The number of benzene rings is 2. The number of hydrogen-bond acceptors (Lipinski definition) is 5. The van der Waals surface area contributed by atoms with Crippen LogP contribution in [0.15, 0.2) is 46.5 Å². The van der Waals surface area contributed by atoms with Crippen molar-refractivity contribution in [3.05, 3.63) is 53.1 Å². The molecule has 35 heavy (non-hydrogen) atoms. The van der Waals surface area contributed by atoms with Crippen LogP contribution >= 0.6 is 11.8 Å². The van der Waals surface area contributed by atoms with Gasteiger partial charge in [-0.3, -0.25) is 0 Å². The second kappa shape index (κ2) is 10.2. The van der Waals surface area contributed by atoms with Crippen LogP contribution in [0.2, 0.25) is 0 Å². The van der Waals surface area contributed by atoms with E-state index in [1.807, 2.05) is 6.07 Å². The SMILES string of the molecule is Cc1ccc(C)c(CSc2nc3cc(S(=O)(=O)N4CCC[C@H](C)C4)ccc3n2C[C@@H]2CCCO2)c1. The number of sulfonamides is 1. The summed E-state index contributed by atoms with van der Waals surface area (Å²) in [5, 5.41) is 0.914. The molecule has 0 bridgehead atoms. The van der Waals surface area contributed by atoms with Crippen molar-refractivity contribution >= 4 is 32.8 Å². The molecule has 0 unspecified atom stereocenters. The zero-order chi connectivity index (χ0) is 24.6. The Bertz CT molecular complexity index is 1310. The standard InChI is InChI=1S/C27H35N3O3S2/c1-19-8-9-21(3)22(14-19)18-34-27-28-25-15-24(35(31,32)29-12-4-6-20(2)16-29)10-11-26(25)30(27)17-23-7-5-13-33-23/h8-11,14-15,20,23H,4-7,12-13,16-18H2,1-3H3/t20-,23-/m0/s1. The Balaban J connectivity index is 1.48. The molecule has 8 heteroatoms. The van der Waals surface area contributed by atoms with Crippen molar-refractivity contribution in [2.45, 2.75) is 74.9 Å². The van der Waals surface area contributed by atoms with Gasteiger partial charge in [-0.15, -0.1) is 0 Å². The molecule has 5 rings (SSSR count). The second-order valence-electron chi connectivity index (χ2n) is 10.1. The fraction of sp³-hybridized carbons (Fsp3) is 0.519. The first kappa shape index (κ1) is 24.8. The maximum absolute atomic E-state index is 13.4. The predicted octanol–water partition coefficient (Wildman–Crippen LogP) is 5.55. The molecule has 2 aliphatic rings. The molecule has 0 radical (unpaired) electrons. The van der Waals surface area contributed by atoms with Gasteiger partial charge in [-0.1, -0.05) is 42.4 Å². The van der Waals surface area contributed by atoms with Crippen molar-refractivity contribution in [3.63, 3.8) is 0 Å². The van der Waals surface area contributed by atoms with Gasteiger partial charge in [-0.05, 0) is 74.8 Å². The van der Waals surface area contributed by atoms with Crippen molar-refractivity contribution in [2.24, 2.45) is 5.92 Å². The van der Waals surface area contributed by atoms with Crippen molar-refractivity contribution in [1.29, 1.82) is 0 Å². The van der Waals surface area contributed by atoms with Crippen LogP contribution in [0.1, 0.15) is 49.3 Å². The number of nitrogens with zero attached hydrogens (tertiary/aromatic N) is 3. The zero-order valence-corrected chi connectivity index (χ0v) is 22.5. The molecule has 2 aromatic carbocycles. The summed E-state index contributed by atoms with van der Waals surface area (Å²) >= 11 is 1.71. The van der Waals surface area contributed by atoms with E-state index < -0.39 is 10.0 Å². The van der Waals surface area contributed by atoms with Gasteiger partial charge in [0.2, 0.25) is 10.0 Å². The molecule has 0 saturated carbocycles.